The molecule has 0 unspecified atom stereocenters. The van der Waals surface area contributed by atoms with Crippen molar-refractivity contribution in [3.8, 4) is 0 Å². The molecular formula is C4H2Br2N2O2. The third-order valence-electron chi connectivity index (χ3n) is 0.869. The van der Waals surface area contributed by atoms with E-state index in [2.05, 4.69) is 31.9 Å². The molecule has 1 heterocycles. The lowest BCUT2D eigenvalue weighted by Crippen LogP contribution is -2.38. The van der Waals surface area contributed by atoms with E-state index in [-0.39, 0.29) is 9.21 Å². The Morgan fingerprint density at radius 2 is 1.30 bits per heavy atom. The molecule has 10 heavy (non-hydrogen) atoms. The minimum Gasteiger partial charge on any atom is -0.618 e. The number of halogens is 2. The molecule has 0 bridgehead atoms. The molecule has 0 fully saturated rings. The van der Waals surface area contributed by atoms with Gasteiger partial charge in [-0.2, -0.15) is 9.46 Å². The van der Waals surface area contributed by atoms with E-state index in [4.69, 9.17) is 0 Å². The molecule has 1 rings (SSSR count). The van der Waals surface area contributed by atoms with Gasteiger partial charge in [-0.25, -0.2) is 0 Å². The van der Waals surface area contributed by atoms with Gasteiger partial charge in [0, 0.05) is 31.9 Å². The number of rotatable bonds is 0. The molecule has 0 radical (unpaired) electrons. The van der Waals surface area contributed by atoms with Crippen molar-refractivity contribution in [2.45, 2.75) is 0 Å². The summed E-state index contributed by atoms with van der Waals surface area (Å²) in [5.41, 5.74) is 0. The average molecular weight is 270 g/mol. The van der Waals surface area contributed by atoms with E-state index < -0.39 is 0 Å². The maximum atomic E-state index is 10.7. The Hall–Kier alpha value is -0.360. The summed E-state index contributed by atoms with van der Waals surface area (Å²) in [4.78, 5) is 0. The van der Waals surface area contributed by atoms with Gasteiger partial charge in [-0.3, -0.25) is 0 Å². The van der Waals surface area contributed by atoms with E-state index >= 15 is 0 Å². The summed E-state index contributed by atoms with van der Waals surface area (Å²) in [5, 5.41) is 21.4. The van der Waals surface area contributed by atoms with Crippen LogP contribution in [0.25, 0.3) is 0 Å². The van der Waals surface area contributed by atoms with Crippen LogP contribution < -0.4 is 9.46 Å². The maximum absolute atomic E-state index is 10.7. The van der Waals surface area contributed by atoms with Crippen LogP contribution in [-0.2, 0) is 0 Å². The standard InChI is InChI=1S/C4H2Br2N2O2/c5-3-1-7(9)4(6)2-8(3)10/h1-2H. The van der Waals surface area contributed by atoms with E-state index in [0.29, 0.717) is 9.46 Å². The summed E-state index contributed by atoms with van der Waals surface area (Å²) < 4.78 is 1.45. The average Bonchev–Trinajstić information content (AvgIpc) is 1.84. The lowest BCUT2D eigenvalue weighted by molar-refractivity contribution is -0.680. The summed E-state index contributed by atoms with van der Waals surface area (Å²) in [6.45, 7) is 0. The molecule has 0 aliphatic carbocycles. The topological polar surface area (TPSA) is 53.9 Å². The Morgan fingerprint density at radius 1 is 1.00 bits per heavy atom. The fourth-order valence-electron chi connectivity index (χ4n) is 0.431. The fourth-order valence-corrected chi connectivity index (χ4v) is 1.01. The summed E-state index contributed by atoms with van der Waals surface area (Å²) in [5.74, 6) is 0. The van der Waals surface area contributed by atoms with Crippen LogP contribution in [0.15, 0.2) is 21.6 Å². The first-order valence-electron chi connectivity index (χ1n) is 2.28. The van der Waals surface area contributed by atoms with Gasteiger partial charge in [0.2, 0.25) is 0 Å². The molecular weight excluding hydrogens is 268 g/mol. The third kappa shape index (κ3) is 1.38. The van der Waals surface area contributed by atoms with Gasteiger partial charge >= 0.3 is 9.21 Å². The minimum atomic E-state index is 0.186. The molecule has 54 valence electrons. The first kappa shape index (κ1) is 7.74. The second kappa shape index (κ2) is 2.71. The van der Waals surface area contributed by atoms with Crippen molar-refractivity contribution >= 4 is 31.9 Å². The number of hydrogen-bond donors (Lipinski definition) is 0. The highest BCUT2D eigenvalue weighted by Gasteiger charge is 2.10. The third-order valence-corrected chi connectivity index (χ3v) is 1.98. The highest BCUT2D eigenvalue weighted by Crippen LogP contribution is 2.02. The number of aromatic nitrogens is 2. The lowest BCUT2D eigenvalue weighted by Gasteiger charge is -1.99. The number of nitrogens with zero attached hydrogens (tertiary/aromatic N) is 2. The molecule has 0 saturated heterocycles. The molecule has 6 heteroatoms. The quantitative estimate of drug-likeness (QED) is 0.508. The first-order chi connectivity index (χ1) is 4.61. The summed E-state index contributed by atoms with van der Waals surface area (Å²) >= 11 is 5.78. The molecule has 1 aromatic heterocycles. The molecule has 0 aliphatic heterocycles. The zero-order chi connectivity index (χ0) is 7.72. The Kier molecular flexibility index (Phi) is 2.10. The van der Waals surface area contributed by atoms with Crippen LogP contribution in [0.4, 0.5) is 0 Å². The monoisotopic (exact) mass is 268 g/mol. The molecule has 0 aromatic carbocycles. The van der Waals surface area contributed by atoms with Crippen molar-refractivity contribution < 1.29 is 9.46 Å². The van der Waals surface area contributed by atoms with Gasteiger partial charge in [0.15, 0.2) is 0 Å². The van der Waals surface area contributed by atoms with Gasteiger partial charge in [-0.05, 0) is 0 Å². The van der Waals surface area contributed by atoms with E-state index in [1.54, 1.807) is 0 Å². The van der Waals surface area contributed by atoms with Gasteiger partial charge in [-0.1, -0.05) is 0 Å². The largest absolute Gasteiger partial charge is 0.618 e. The molecule has 0 N–H and O–H groups in total. The summed E-state index contributed by atoms with van der Waals surface area (Å²) in [6.07, 6.45) is 2.24. The van der Waals surface area contributed by atoms with Gasteiger partial charge < -0.3 is 10.4 Å². The highest BCUT2D eigenvalue weighted by molar-refractivity contribution is 9.10. The first-order valence-corrected chi connectivity index (χ1v) is 3.87. The van der Waals surface area contributed by atoms with Crippen LogP contribution in [0, 0.1) is 10.4 Å². The van der Waals surface area contributed by atoms with Crippen LogP contribution in [0.1, 0.15) is 0 Å². The molecule has 0 atom stereocenters. The van der Waals surface area contributed by atoms with Crippen LogP contribution >= 0.6 is 31.9 Å². The maximum Gasteiger partial charge on any atom is 0.324 e. The van der Waals surface area contributed by atoms with Crippen LogP contribution in [0.5, 0.6) is 0 Å². The van der Waals surface area contributed by atoms with Crippen molar-refractivity contribution in [1.82, 2.24) is 0 Å². The zero-order valence-electron chi connectivity index (χ0n) is 4.62. The normalized spacial score (nSPS) is 9.80. The molecule has 4 nitrogen and oxygen atoms in total. The Morgan fingerprint density at radius 3 is 1.60 bits per heavy atom. The van der Waals surface area contributed by atoms with Crippen molar-refractivity contribution in [3.63, 3.8) is 0 Å². The predicted octanol–water partition coefficient (Wildman–Crippen LogP) is 0.478. The van der Waals surface area contributed by atoms with Crippen molar-refractivity contribution in [3.05, 3.63) is 32.0 Å². The SMILES string of the molecule is [O-][n+]1cc(Br)[n+]([O-])cc1Br. The Bertz CT molecular complexity index is 215. The minimum absolute atomic E-state index is 0.186. The number of hydrogen-bond acceptors (Lipinski definition) is 2. The molecule has 0 saturated carbocycles. The molecule has 0 aliphatic rings. The smallest absolute Gasteiger partial charge is 0.324 e. The van der Waals surface area contributed by atoms with E-state index in [0.717, 1.165) is 12.4 Å². The molecule has 1 aromatic rings. The second-order valence-corrected chi connectivity index (χ2v) is 3.18. The predicted molar refractivity (Wildman–Crippen MR) is 39.8 cm³/mol. The van der Waals surface area contributed by atoms with E-state index in [1.165, 1.54) is 0 Å². The lowest BCUT2D eigenvalue weighted by atomic mass is 10.8. The molecule has 0 spiro atoms. The Labute approximate surface area is 73.5 Å². The van der Waals surface area contributed by atoms with Gasteiger partial charge in [-0.15, -0.1) is 0 Å². The zero-order valence-corrected chi connectivity index (χ0v) is 7.79. The van der Waals surface area contributed by atoms with Crippen LogP contribution in [0.3, 0.4) is 0 Å². The van der Waals surface area contributed by atoms with Crippen molar-refractivity contribution in [2.75, 3.05) is 0 Å². The van der Waals surface area contributed by atoms with Gasteiger partial charge in [0.05, 0.1) is 0 Å². The van der Waals surface area contributed by atoms with E-state index in [1.807, 2.05) is 0 Å². The van der Waals surface area contributed by atoms with Gasteiger partial charge in [0.25, 0.3) is 12.4 Å². The molecule has 0 amide bonds. The summed E-state index contributed by atoms with van der Waals surface area (Å²) in [6, 6.07) is 0. The van der Waals surface area contributed by atoms with Crippen LogP contribution in [0.2, 0.25) is 0 Å². The van der Waals surface area contributed by atoms with E-state index in [9.17, 15) is 10.4 Å². The van der Waals surface area contributed by atoms with Crippen molar-refractivity contribution in [2.24, 2.45) is 0 Å². The second-order valence-electron chi connectivity index (χ2n) is 1.56. The Balaban J connectivity index is 3.28. The van der Waals surface area contributed by atoms with Crippen LogP contribution in [-0.4, -0.2) is 0 Å². The summed E-state index contributed by atoms with van der Waals surface area (Å²) in [7, 11) is 0. The van der Waals surface area contributed by atoms with Crippen molar-refractivity contribution in [1.29, 1.82) is 0 Å². The fraction of sp³-hybridized carbons (Fsp3) is 0. The highest BCUT2D eigenvalue weighted by atomic mass is 79.9. The van der Waals surface area contributed by atoms with Gasteiger partial charge in [0.1, 0.15) is 0 Å².